The minimum atomic E-state index is -3.85. The zero-order chi connectivity index (χ0) is 13.3. The van der Waals surface area contributed by atoms with Crippen molar-refractivity contribution in [3.05, 3.63) is 29.0 Å². The summed E-state index contributed by atoms with van der Waals surface area (Å²) in [4.78, 5) is 11.0. The quantitative estimate of drug-likeness (QED) is 0.864. The summed E-state index contributed by atoms with van der Waals surface area (Å²) in [7, 11) is -2.19. The lowest BCUT2D eigenvalue weighted by Gasteiger charge is -2.06. The lowest BCUT2D eigenvalue weighted by molar-refractivity contribution is 0.598. The van der Waals surface area contributed by atoms with Crippen LogP contribution < -0.4 is 4.72 Å². The molecule has 0 saturated carbocycles. The molecule has 96 valence electrons. The average Bonchev–Trinajstić information content (AvgIpc) is 2.72. The highest BCUT2D eigenvalue weighted by Gasteiger charge is 2.20. The largest absolute Gasteiger partial charge is 0.339 e. The summed E-state index contributed by atoms with van der Waals surface area (Å²) in [5, 5.41) is -0.250. The second-order valence-corrected chi connectivity index (χ2v) is 5.68. The van der Waals surface area contributed by atoms with Crippen molar-refractivity contribution in [2.45, 2.75) is 5.03 Å². The van der Waals surface area contributed by atoms with E-state index in [4.69, 9.17) is 23.2 Å². The zero-order valence-corrected chi connectivity index (χ0v) is 11.3. The molecule has 2 heterocycles. The van der Waals surface area contributed by atoms with Crippen molar-refractivity contribution in [1.82, 2.24) is 19.5 Å². The van der Waals surface area contributed by atoms with Crippen LogP contribution in [0.4, 0.5) is 5.82 Å². The summed E-state index contributed by atoms with van der Waals surface area (Å²) in [5.41, 5.74) is 0. The summed E-state index contributed by atoms with van der Waals surface area (Å²) >= 11 is 11.4. The molecule has 0 aliphatic rings. The highest BCUT2D eigenvalue weighted by molar-refractivity contribution is 7.92. The van der Waals surface area contributed by atoms with E-state index >= 15 is 0 Å². The normalized spacial score (nSPS) is 11.5. The molecule has 0 radical (unpaired) electrons. The predicted octanol–water partition coefficient (Wildman–Crippen LogP) is 1.32. The van der Waals surface area contributed by atoms with E-state index < -0.39 is 10.0 Å². The van der Waals surface area contributed by atoms with Crippen LogP contribution in [0.3, 0.4) is 0 Å². The lowest BCUT2D eigenvalue weighted by Crippen LogP contribution is -2.15. The molecule has 0 aliphatic carbocycles. The Balaban J connectivity index is 2.37. The standard InChI is InChI=1S/C8H7Cl2N5O2S/c1-15-2-5(13-4-15)18(16,17)14-8-6(9)7(10)11-3-12-8/h2-4H,1H3,(H,11,12,14). The summed E-state index contributed by atoms with van der Waals surface area (Å²) in [6.45, 7) is 0. The second kappa shape index (κ2) is 4.71. The summed E-state index contributed by atoms with van der Waals surface area (Å²) in [5.74, 6) is -0.0951. The van der Waals surface area contributed by atoms with E-state index in [-0.39, 0.29) is 21.0 Å². The van der Waals surface area contributed by atoms with Crippen molar-refractivity contribution >= 4 is 39.0 Å². The van der Waals surface area contributed by atoms with Gasteiger partial charge in [-0.05, 0) is 0 Å². The predicted molar refractivity (Wildman–Crippen MR) is 66.1 cm³/mol. The summed E-state index contributed by atoms with van der Waals surface area (Å²) in [6, 6.07) is 0. The van der Waals surface area contributed by atoms with Gasteiger partial charge in [-0.1, -0.05) is 23.2 Å². The monoisotopic (exact) mass is 307 g/mol. The number of rotatable bonds is 3. The minimum absolute atomic E-state index is 0.0367. The SMILES string of the molecule is Cn1cnc(S(=O)(=O)Nc2ncnc(Cl)c2Cl)c1. The summed E-state index contributed by atoms with van der Waals surface area (Å²) in [6.07, 6.45) is 3.81. The van der Waals surface area contributed by atoms with Gasteiger partial charge in [-0.3, -0.25) is 4.72 Å². The van der Waals surface area contributed by atoms with Gasteiger partial charge in [0.15, 0.2) is 16.0 Å². The first-order chi connectivity index (χ1) is 8.40. The molecule has 2 aromatic rings. The first-order valence-electron chi connectivity index (χ1n) is 4.57. The number of nitrogens with one attached hydrogen (secondary N) is 1. The third-order valence-electron chi connectivity index (χ3n) is 1.93. The summed E-state index contributed by atoms with van der Waals surface area (Å²) < 4.78 is 27.5. The fraction of sp³-hybridized carbons (Fsp3) is 0.125. The third-order valence-corrected chi connectivity index (χ3v) is 3.90. The van der Waals surface area contributed by atoms with Gasteiger partial charge in [0, 0.05) is 13.2 Å². The van der Waals surface area contributed by atoms with Gasteiger partial charge in [-0.2, -0.15) is 8.42 Å². The zero-order valence-electron chi connectivity index (χ0n) is 9.00. The molecule has 0 unspecified atom stereocenters. The fourth-order valence-electron chi connectivity index (χ4n) is 1.13. The molecule has 0 fully saturated rings. The van der Waals surface area contributed by atoms with Crippen LogP contribution in [0, 0.1) is 0 Å². The third kappa shape index (κ3) is 2.55. The van der Waals surface area contributed by atoms with Crippen LogP contribution in [0.2, 0.25) is 10.2 Å². The second-order valence-electron chi connectivity index (χ2n) is 3.31. The maximum absolute atomic E-state index is 11.9. The van der Waals surface area contributed by atoms with Gasteiger partial charge < -0.3 is 4.57 Å². The van der Waals surface area contributed by atoms with Gasteiger partial charge in [0.05, 0.1) is 6.33 Å². The Labute approximate surface area is 113 Å². The molecule has 7 nitrogen and oxygen atoms in total. The van der Waals surface area contributed by atoms with Gasteiger partial charge in [0.2, 0.25) is 0 Å². The molecule has 0 bridgehead atoms. The van der Waals surface area contributed by atoms with Crippen LogP contribution in [-0.4, -0.2) is 27.9 Å². The highest BCUT2D eigenvalue weighted by Crippen LogP contribution is 2.26. The van der Waals surface area contributed by atoms with Crippen LogP contribution in [0.15, 0.2) is 23.9 Å². The molecule has 0 atom stereocenters. The molecule has 0 amide bonds. The van der Waals surface area contributed by atoms with E-state index in [0.29, 0.717) is 0 Å². The van der Waals surface area contributed by atoms with E-state index in [1.165, 1.54) is 17.1 Å². The van der Waals surface area contributed by atoms with Crippen molar-refractivity contribution in [3.8, 4) is 0 Å². The topological polar surface area (TPSA) is 89.8 Å². The molecule has 0 saturated heterocycles. The van der Waals surface area contributed by atoms with Crippen molar-refractivity contribution in [2.75, 3.05) is 4.72 Å². The number of hydrogen-bond acceptors (Lipinski definition) is 5. The Hall–Kier alpha value is -1.38. The molecule has 1 N–H and O–H groups in total. The number of hydrogen-bond donors (Lipinski definition) is 1. The molecule has 2 aromatic heterocycles. The number of halogens is 2. The van der Waals surface area contributed by atoms with E-state index in [9.17, 15) is 8.42 Å². The highest BCUT2D eigenvalue weighted by atomic mass is 35.5. The van der Waals surface area contributed by atoms with Crippen LogP contribution in [-0.2, 0) is 17.1 Å². The minimum Gasteiger partial charge on any atom is -0.339 e. The molecule has 0 aromatic carbocycles. The molecule has 18 heavy (non-hydrogen) atoms. The Morgan fingerprint density at radius 3 is 2.61 bits per heavy atom. The smallest absolute Gasteiger partial charge is 0.282 e. The maximum Gasteiger partial charge on any atom is 0.282 e. The van der Waals surface area contributed by atoms with E-state index in [1.54, 1.807) is 7.05 Å². The number of nitrogens with zero attached hydrogens (tertiary/aromatic N) is 4. The lowest BCUT2D eigenvalue weighted by atomic mass is 10.6. The van der Waals surface area contributed by atoms with Gasteiger partial charge in [0.25, 0.3) is 10.0 Å². The van der Waals surface area contributed by atoms with Crippen molar-refractivity contribution in [3.63, 3.8) is 0 Å². The van der Waals surface area contributed by atoms with Crippen molar-refractivity contribution < 1.29 is 8.42 Å². The molecule has 0 aliphatic heterocycles. The Kier molecular flexibility index (Phi) is 3.42. The number of sulfonamides is 1. The van der Waals surface area contributed by atoms with Crippen LogP contribution in [0.1, 0.15) is 0 Å². The molecule has 10 heteroatoms. The van der Waals surface area contributed by atoms with Crippen molar-refractivity contribution in [1.29, 1.82) is 0 Å². The average molecular weight is 308 g/mol. The number of anilines is 1. The maximum atomic E-state index is 11.9. The van der Waals surface area contributed by atoms with E-state index in [2.05, 4.69) is 19.7 Å². The van der Waals surface area contributed by atoms with E-state index in [1.807, 2.05) is 0 Å². The van der Waals surface area contributed by atoms with Crippen LogP contribution in [0.25, 0.3) is 0 Å². The number of aromatic nitrogens is 4. The Morgan fingerprint density at radius 2 is 2.00 bits per heavy atom. The van der Waals surface area contributed by atoms with Gasteiger partial charge in [-0.15, -0.1) is 0 Å². The molecular formula is C8H7Cl2N5O2S. The first kappa shape index (κ1) is 13.1. The van der Waals surface area contributed by atoms with Gasteiger partial charge >= 0.3 is 0 Å². The van der Waals surface area contributed by atoms with Crippen LogP contribution in [0.5, 0.6) is 0 Å². The van der Waals surface area contributed by atoms with Crippen LogP contribution >= 0.6 is 23.2 Å². The molecule has 2 rings (SSSR count). The van der Waals surface area contributed by atoms with Crippen molar-refractivity contribution in [2.24, 2.45) is 7.05 Å². The Morgan fingerprint density at radius 1 is 1.28 bits per heavy atom. The van der Waals surface area contributed by atoms with E-state index in [0.717, 1.165) is 6.33 Å². The Bertz CT molecular complexity index is 685. The number of imidazole rings is 1. The van der Waals surface area contributed by atoms with Gasteiger partial charge in [-0.25, -0.2) is 15.0 Å². The fourth-order valence-corrected chi connectivity index (χ4v) is 2.47. The van der Waals surface area contributed by atoms with Gasteiger partial charge in [0.1, 0.15) is 11.3 Å². The molecule has 0 spiro atoms. The number of aryl methyl sites for hydroxylation is 1. The molecular weight excluding hydrogens is 301 g/mol. The first-order valence-corrected chi connectivity index (χ1v) is 6.81.